The molecule has 1 aliphatic rings. The molecule has 7 heteroatoms. The maximum Gasteiger partial charge on any atom is 0.152 e. The van der Waals surface area contributed by atoms with Crippen LogP contribution in [0.1, 0.15) is 17.8 Å². The SMILES string of the molecule is Cc1nc(NCc2ccccc2)cc(N(C)C2CCS(=O)(=O)C2)n1. The van der Waals surface area contributed by atoms with Crippen LogP contribution >= 0.6 is 0 Å². The largest absolute Gasteiger partial charge is 0.366 e. The summed E-state index contributed by atoms with van der Waals surface area (Å²) in [5, 5.41) is 3.31. The molecule has 1 aromatic carbocycles. The predicted molar refractivity (Wildman–Crippen MR) is 96.0 cm³/mol. The van der Waals surface area contributed by atoms with E-state index in [1.165, 1.54) is 5.56 Å². The zero-order valence-corrected chi connectivity index (χ0v) is 14.8. The molecule has 1 atom stereocenters. The van der Waals surface area contributed by atoms with Gasteiger partial charge in [-0.05, 0) is 18.9 Å². The van der Waals surface area contributed by atoms with Crippen LogP contribution in [-0.4, -0.2) is 43.0 Å². The van der Waals surface area contributed by atoms with Crippen LogP contribution in [0.4, 0.5) is 11.6 Å². The van der Waals surface area contributed by atoms with E-state index in [-0.39, 0.29) is 17.5 Å². The average Bonchev–Trinajstić information content (AvgIpc) is 2.93. The molecule has 6 nitrogen and oxygen atoms in total. The van der Waals surface area contributed by atoms with E-state index in [2.05, 4.69) is 27.4 Å². The summed E-state index contributed by atoms with van der Waals surface area (Å²) in [7, 11) is -1.02. The molecule has 128 valence electrons. The smallest absolute Gasteiger partial charge is 0.152 e. The summed E-state index contributed by atoms with van der Waals surface area (Å²) in [5.74, 6) is 2.61. The highest BCUT2D eigenvalue weighted by molar-refractivity contribution is 7.91. The van der Waals surface area contributed by atoms with Crippen molar-refractivity contribution in [2.75, 3.05) is 28.8 Å². The van der Waals surface area contributed by atoms with E-state index in [1.54, 1.807) is 0 Å². The number of aryl methyl sites for hydroxylation is 1. The molecule has 1 N–H and O–H groups in total. The van der Waals surface area contributed by atoms with Gasteiger partial charge in [0.15, 0.2) is 9.84 Å². The molecule has 2 aromatic rings. The number of anilines is 2. The first-order chi connectivity index (χ1) is 11.4. The molecule has 0 bridgehead atoms. The van der Waals surface area contributed by atoms with Gasteiger partial charge in [0.25, 0.3) is 0 Å². The monoisotopic (exact) mass is 346 g/mol. The van der Waals surface area contributed by atoms with E-state index in [1.807, 2.05) is 43.1 Å². The highest BCUT2D eigenvalue weighted by Crippen LogP contribution is 2.23. The van der Waals surface area contributed by atoms with Crippen LogP contribution in [0.2, 0.25) is 0 Å². The van der Waals surface area contributed by atoms with Gasteiger partial charge in [-0.25, -0.2) is 18.4 Å². The number of rotatable bonds is 5. The minimum Gasteiger partial charge on any atom is -0.366 e. The van der Waals surface area contributed by atoms with Gasteiger partial charge in [0.2, 0.25) is 0 Å². The van der Waals surface area contributed by atoms with Crippen molar-refractivity contribution in [1.82, 2.24) is 9.97 Å². The van der Waals surface area contributed by atoms with Gasteiger partial charge in [-0.1, -0.05) is 30.3 Å². The molecule has 0 spiro atoms. The van der Waals surface area contributed by atoms with Gasteiger partial charge in [0.05, 0.1) is 11.5 Å². The number of sulfone groups is 1. The van der Waals surface area contributed by atoms with Crippen molar-refractivity contribution in [3.05, 3.63) is 47.8 Å². The lowest BCUT2D eigenvalue weighted by Crippen LogP contribution is -2.33. The van der Waals surface area contributed by atoms with Crippen molar-refractivity contribution in [2.24, 2.45) is 0 Å². The maximum atomic E-state index is 11.7. The fourth-order valence-electron chi connectivity index (χ4n) is 2.88. The summed E-state index contributed by atoms with van der Waals surface area (Å²) in [5.41, 5.74) is 1.17. The zero-order valence-electron chi connectivity index (χ0n) is 13.9. The molecular formula is C17H22N4O2S. The predicted octanol–water partition coefficient (Wildman–Crippen LogP) is 2.02. The molecule has 0 saturated carbocycles. The van der Waals surface area contributed by atoms with E-state index >= 15 is 0 Å². The normalized spacial score (nSPS) is 19.2. The molecule has 0 amide bonds. The number of hydrogen-bond donors (Lipinski definition) is 1. The fraction of sp³-hybridized carbons (Fsp3) is 0.412. The summed E-state index contributed by atoms with van der Waals surface area (Å²) in [6.07, 6.45) is 0.647. The Hall–Kier alpha value is -2.15. The Morgan fingerprint density at radius 1 is 1.25 bits per heavy atom. The molecule has 1 saturated heterocycles. The number of nitrogens with zero attached hydrogens (tertiary/aromatic N) is 3. The van der Waals surface area contributed by atoms with Gasteiger partial charge in [0, 0.05) is 25.7 Å². The number of benzene rings is 1. The van der Waals surface area contributed by atoms with Crippen LogP contribution in [0.15, 0.2) is 36.4 Å². The topological polar surface area (TPSA) is 75.2 Å². The molecule has 3 rings (SSSR count). The molecule has 24 heavy (non-hydrogen) atoms. The molecule has 1 aromatic heterocycles. The lowest BCUT2D eigenvalue weighted by Gasteiger charge is -2.25. The fourth-order valence-corrected chi connectivity index (χ4v) is 4.65. The Morgan fingerprint density at radius 2 is 2.00 bits per heavy atom. The quantitative estimate of drug-likeness (QED) is 0.893. The summed E-state index contributed by atoms with van der Waals surface area (Å²) in [6, 6.07) is 12.0. The molecule has 0 aliphatic carbocycles. The van der Waals surface area contributed by atoms with E-state index < -0.39 is 9.84 Å². The van der Waals surface area contributed by atoms with Crippen LogP contribution < -0.4 is 10.2 Å². The Balaban J connectivity index is 1.74. The number of nitrogens with one attached hydrogen (secondary N) is 1. The second-order valence-electron chi connectivity index (χ2n) is 6.17. The number of aromatic nitrogens is 2. The first kappa shape index (κ1) is 16.7. The van der Waals surface area contributed by atoms with Gasteiger partial charge < -0.3 is 10.2 Å². The Bertz CT molecular complexity index is 809. The van der Waals surface area contributed by atoms with Crippen LogP contribution in [0.3, 0.4) is 0 Å². The van der Waals surface area contributed by atoms with Gasteiger partial charge in [0.1, 0.15) is 17.5 Å². The van der Waals surface area contributed by atoms with Crippen molar-refractivity contribution >= 4 is 21.5 Å². The van der Waals surface area contributed by atoms with Crippen LogP contribution in [0.25, 0.3) is 0 Å². The Morgan fingerprint density at radius 3 is 2.67 bits per heavy atom. The third-order valence-corrected chi connectivity index (χ3v) is 6.01. The zero-order chi connectivity index (χ0) is 17.2. The lowest BCUT2D eigenvalue weighted by molar-refractivity contribution is 0.600. The van der Waals surface area contributed by atoms with Crippen LogP contribution in [-0.2, 0) is 16.4 Å². The van der Waals surface area contributed by atoms with Gasteiger partial charge >= 0.3 is 0 Å². The van der Waals surface area contributed by atoms with Crippen LogP contribution in [0, 0.1) is 6.92 Å². The first-order valence-electron chi connectivity index (χ1n) is 8.00. The molecule has 1 unspecified atom stereocenters. The van der Waals surface area contributed by atoms with Crippen molar-refractivity contribution in [3.8, 4) is 0 Å². The lowest BCUT2D eigenvalue weighted by atomic mass is 10.2. The summed E-state index contributed by atoms with van der Waals surface area (Å²) < 4.78 is 23.4. The number of hydrogen-bond acceptors (Lipinski definition) is 6. The second-order valence-corrected chi connectivity index (χ2v) is 8.39. The summed E-state index contributed by atoms with van der Waals surface area (Å²) in [6.45, 7) is 2.52. The van der Waals surface area contributed by atoms with Crippen LogP contribution in [0.5, 0.6) is 0 Å². The minimum absolute atomic E-state index is 0.0220. The first-order valence-corrected chi connectivity index (χ1v) is 9.82. The Labute approximate surface area is 142 Å². The Kier molecular flexibility index (Phi) is 4.71. The van der Waals surface area contributed by atoms with E-state index in [0.29, 0.717) is 18.8 Å². The van der Waals surface area contributed by atoms with Gasteiger partial charge in [-0.3, -0.25) is 0 Å². The standard InChI is InChI=1S/C17H22N4O2S/c1-13-19-16(18-11-14-6-4-3-5-7-14)10-17(20-13)21(2)15-8-9-24(22,23)12-15/h3-7,10,15H,8-9,11-12H2,1-2H3,(H,18,19,20). The van der Waals surface area contributed by atoms with Crippen molar-refractivity contribution < 1.29 is 8.42 Å². The molecule has 1 fully saturated rings. The van der Waals surface area contributed by atoms with Crippen molar-refractivity contribution in [1.29, 1.82) is 0 Å². The van der Waals surface area contributed by atoms with Crippen molar-refractivity contribution in [2.45, 2.75) is 25.9 Å². The molecule has 2 heterocycles. The highest BCUT2D eigenvalue weighted by atomic mass is 32.2. The molecule has 1 aliphatic heterocycles. The molecule has 0 radical (unpaired) electrons. The maximum absolute atomic E-state index is 11.7. The highest BCUT2D eigenvalue weighted by Gasteiger charge is 2.31. The minimum atomic E-state index is -2.92. The third kappa shape index (κ3) is 4.03. The third-order valence-electron chi connectivity index (χ3n) is 4.26. The summed E-state index contributed by atoms with van der Waals surface area (Å²) in [4.78, 5) is 10.8. The molecular weight excluding hydrogens is 324 g/mol. The van der Waals surface area contributed by atoms with E-state index in [4.69, 9.17) is 0 Å². The van der Waals surface area contributed by atoms with Crippen molar-refractivity contribution in [3.63, 3.8) is 0 Å². The van der Waals surface area contributed by atoms with E-state index in [0.717, 1.165) is 11.6 Å². The van der Waals surface area contributed by atoms with Gasteiger partial charge in [-0.15, -0.1) is 0 Å². The van der Waals surface area contributed by atoms with Gasteiger partial charge in [-0.2, -0.15) is 0 Å². The summed E-state index contributed by atoms with van der Waals surface area (Å²) >= 11 is 0. The second kappa shape index (κ2) is 6.76. The van der Waals surface area contributed by atoms with E-state index in [9.17, 15) is 8.42 Å². The average molecular weight is 346 g/mol.